The van der Waals surface area contributed by atoms with Crippen LogP contribution in [0.4, 0.5) is 0 Å². The topological polar surface area (TPSA) is 118 Å². The largest absolute Gasteiger partial charge is 0.466 e. The Morgan fingerprint density at radius 1 is 1.37 bits per heavy atom. The summed E-state index contributed by atoms with van der Waals surface area (Å²) < 4.78 is 6.30. The van der Waals surface area contributed by atoms with Crippen molar-refractivity contribution >= 4 is 40.6 Å². The number of ether oxygens (including phenoxy) is 1. The van der Waals surface area contributed by atoms with Crippen LogP contribution in [0.5, 0.6) is 0 Å². The van der Waals surface area contributed by atoms with E-state index in [1.54, 1.807) is 39.2 Å². The summed E-state index contributed by atoms with van der Waals surface area (Å²) in [7, 11) is 0. The van der Waals surface area contributed by atoms with Crippen LogP contribution in [-0.4, -0.2) is 89.5 Å². The highest BCUT2D eigenvalue weighted by atomic mass is 32.2. The number of thioether (sulfide) groups is 1. The lowest BCUT2D eigenvalue weighted by Gasteiger charge is -2.40. The van der Waals surface area contributed by atoms with Crippen molar-refractivity contribution < 1.29 is 24.2 Å². The van der Waals surface area contributed by atoms with Gasteiger partial charge in [0, 0.05) is 11.8 Å². The lowest BCUT2D eigenvalue weighted by atomic mass is 9.71. The van der Waals surface area contributed by atoms with Crippen LogP contribution in [-0.2, 0) is 25.8 Å². The fourth-order valence-electron chi connectivity index (χ4n) is 6.58. The Hall–Kier alpha value is -2.92. The number of carbonyl (C=O) groups excluding carboxylic acids is 3. The number of esters is 1. The second kappa shape index (κ2) is 10.3. The maximum atomic E-state index is 14.5. The molecule has 1 aromatic heterocycles. The average molecular weight is 542 g/mol. The van der Waals surface area contributed by atoms with Gasteiger partial charge in [-0.1, -0.05) is 37.3 Å². The van der Waals surface area contributed by atoms with Crippen LogP contribution in [0, 0.1) is 17.8 Å². The first kappa shape index (κ1) is 26.7. The molecule has 0 aliphatic carbocycles. The number of aliphatic hydroxyl groups excluding tert-OH is 1. The Bertz CT molecular complexity index is 1250. The Balaban J connectivity index is 1.56. The molecule has 3 fully saturated rings. The van der Waals surface area contributed by atoms with E-state index >= 15 is 0 Å². The maximum Gasteiger partial charge on any atom is 0.310 e. The van der Waals surface area contributed by atoms with E-state index in [1.807, 2.05) is 38.1 Å². The van der Waals surface area contributed by atoms with Crippen molar-refractivity contribution in [1.82, 2.24) is 24.8 Å². The fraction of sp³-hybridized carbons (Fsp3) is 0.593. The van der Waals surface area contributed by atoms with Crippen molar-refractivity contribution in [1.29, 1.82) is 0 Å². The van der Waals surface area contributed by atoms with Crippen LogP contribution < -0.4 is 0 Å². The third-order valence-corrected chi connectivity index (χ3v) is 10.2. The normalized spacial score (nSPS) is 28.7. The zero-order valence-corrected chi connectivity index (χ0v) is 22.8. The third kappa shape index (κ3) is 4.02. The number of fused-ring (bicyclic) bond motifs is 2. The molecule has 3 saturated heterocycles. The van der Waals surface area contributed by atoms with Crippen LogP contribution in [0.25, 0.3) is 11.0 Å². The number of benzene rings is 1. The second-order valence-electron chi connectivity index (χ2n) is 10.6. The highest BCUT2D eigenvalue weighted by molar-refractivity contribution is 8.02. The highest BCUT2D eigenvalue weighted by Gasteiger charge is 2.75. The van der Waals surface area contributed by atoms with E-state index < -0.39 is 28.7 Å². The van der Waals surface area contributed by atoms with E-state index in [9.17, 15) is 19.5 Å². The van der Waals surface area contributed by atoms with Gasteiger partial charge in [-0.25, -0.2) is 4.68 Å². The zero-order chi connectivity index (χ0) is 27.2. The molecular weight excluding hydrogens is 506 g/mol. The molecule has 3 aliphatic heterocycles. The smallest absolute Gasteiger partial charge is 0.310 e. The average Bonchev–Trinajstić information content (AvgIpc) is 3.64. The second-order valence-corrected chi connectivity index (χ2v) is 12.2. The molecule has 204 valence electrons. The van der Waals surface area contributed by atoms with Crippen LogP contribution in [0.2, 0.25) is 0 Å². The Kier molecular flexibility index (Phi) is 7.25. The predicted octanol–water partition coefficient (Wildman–Crippen LogP) is 2.07. The summed E-state index contributed by atoms with van der Waals surface area (Å²) in [6.45, 7) is 9.80. The standard InChI is InChI=1S/C27H35N5O5S/c1-5-13-30(15-31-18-10-8-7-9-17(18)28-29-31)25(35)23-27-12-11-20(38-27)21(26(36)37-6-2)22(27)24(34)32(23)19(14-33)16(3)4/h5,7-10,16,19-23,33H,1,6,11-15H2,2-4H3/t19-,20+,21-,22-,23?,27?/m0/s1. The van der Waals surface area contributed by atoms with Gasteiger partial charge in [0.25, 0.3) is 0 Å². The fourth-order valence-corrected chi connectivity index (χ4v) is 8.77. The molecule has 1 spiro atoms. The molecular formula is C27H35N5O5S. The first-order chi connectivity index (χ1) is 18.3. The first-order valence-electron chi connectivity index (χ1n) is 13.2. The van der Waals surface area contributed by atoms with Gasteiger partial charge in [0.15, 0.2) is 0 Å². The SMILES string of the molecule is C=CCN(Cn1nnc2ccccc21)C(=O)C1N([C@@H](CO)C(C)C)C(=O)[C@@H]2[C@@H](C(=O)OCC)[C@H]3CCC12S3. The van der Waals surface area contributed by atoms with E-state index in [-0.39, 0.29) is 55.4 Å². The van der Waals surface area contributed by atoms with Crippen molar-refractivity contribution in [3.63, 3.8) is 0 Å². The van der Waals surface area contributed by atoms with Crippen LogP contribution in [0.3, 0.4) is 0 Å². The number of amides is 2. The number of hydrogen-bond acceptors (Lipinski definition) is 8. The molecule has 4 heterocycles. The van der Waals surface area contributed by atoms with Gasteiger partial charge >= 0.3 is 5.97 Å². The van der Waals surface area contributed by atoms with Gasteiger partial charge in [0.05, 0.1) is 41.4 Å². The number of carbonyl (C=O) groups is 3. The van der Waals surface area contributed by atoms with E-state index in [0.717, 1.165) is 17.5 Å². The number of aliphatic hydroxyl groups is 1. The molecule has 0 radical (unpaired) electrons. The number of likely N-dealkylation sites (tertiary alicyclic amines) is 1. The predicted molar refractivity (Wildman–Crippen MR) is 143 cm³/mol. The van der Waals surface area contributed by atoms with Crippen molar-refractivity contribution in [3.8, 4) is 0 Å². The molecule has 5 rings (SSSR count). The Labute approximate surface area is 226 Å². The summed E-state index contributed by atoms with van der Waals surface area (Å²) in [6.07, 6.45) is 3.03. The van der Waals surface area contributed by atoms with Gasteiger partial charge in [0.2, 0.25) is 11.8 Å². The number of para-hydroxylation sites is 1. The molecule has 2 bridgehead atoms. The maximum absolute atomic E-state index is 14.5. The monoisotopic (exact) mass is 541 g/mol. The zero-order valence-electron chi connectivity index (χ0n) is 22.0. The van der Waals surface area contributed by atoms with Crippen LogP contribution >= 0.6 is 11.8 Å². The van der Waals surface area contributed by atoms with Crippen molar-refractivity contribution in [2.75, 3.05) is 19.8 Å². The minimum absolute atomic E-state index is 0.0702. The molecule has 2 unspecified atom stereocenters. The van der Waals surface area contributed by atoms with Crippen molar-refractivity contribution in [2.24, 2.45) is 17.8 Å². The Morgan fingerprint density at radius 2 is 2.13 bits per heavy atom. The van der Waals surface area contributed by atoms with Gasteiger partial charge in [-0.05, 0) is 37.8 Å². The molecule has 0 saturated carbocycles. The van der Waals surface area contributed by atoms with Gasteiger partial charge in [-0.3, -0.25) is 14.4 Å². The Morgan fingerprint density at radius 3 is 2.82 bits per heavy atom. The van der Waals surface area contributed by atoms with Crippen molar-refractivity contribution in [3.05, 3.63) is 36.9 Å². The summed E-state index contributed by atoms with van der Waals surface area (Å²) in [4.78, 5) is 45.0. The van der Waals surface area contributed by atoms with Crippen LogP contribution in [0.15, 0.2) is 36.9 Å². The number of aromatic nitrogens is 3. The molecule has 2 amide bonds. The minimum atomic E-state index is -0.830. The molecule has 1 aromatic carbocycles. The number of nitrogens with zero attached hydrogens (tertiary/aromatic N) is 5. The lowest BCUT2D eigenvalue weighted by molar-refractivity contribution is -0.154. The summed E-state index contributed by atoms with van der Waals surface area (Å²) >= 11 is 1.59. The summed E-state index contributed by atoms with van der Waals surface area (Å²) in [5.74, 6) is -2.21. The molecule has 3 aliphatic rings. The highest BCUT2D eigenvalue weighted by Crippen LogP contribution is 2.67. The van der Waals surface area contributed by atoms with E-state index in [4.69, 9.17) is 4.74 Å². The van der Waals surface area contributed by atoms with Gasteiger partial charge in [-0.15, -0.1) is 23.4 Å². The summed E-state index contributed by atoms with van der Waals surface area (Å²) in [6, 6.07) is 6.13. The minimum Gasteiger partial charge on any atom is -0.466 e. The third-order valence-electron chi connectivity index (χ3n) is 8.23. The molecule has 10 nitrogen and oxygen atoms in total. The molecule has 1 N–H and O–H groups in total. The van der Waals surface area contributed by atoms with Crippen LogP contribution in [0.1, 0.15) is 33.6 Å². The van der Waals surface area contributed by atoms with E-state index in [1.165, 1.54) is 0 Å². The van der Waals surface area contributed by atoms with E-state index in [2.05, 4.69) is 16.9 Å². The number of rotatable bonds is 10. The quantitative estimate of drug-likeness (QED) is 0.359. The lowest BCUT2D eigenvalue weighted by Crippen LogP contribution is -2.58. The molecule has 11 heteroatoms. The van der Waals surface area contributed by atoms with E-state index in [0.29, 0.717) is 6.42 Å². The molecule has 2 aromatic rings. The number of hydrogen-bond donors (Lipinski definition) is 1. The van der Waals surface area contributed by atoms with Gasteiger partial charge < -0.3 is 19.6 Å². The first-order valence-corrected chi connectivity index (χ1v) is 14.1. The van der Waals surface area contributed by atoms with Gasteiger partial charge in [-0.2, -0.15) is 0 Å². The van der Waals surface area contributed by atoms with Crippen molar-refractivity contribution in [2.45, 2.75) is 62.4 Å². The summed E-state index contributed by atoms with van der Waals surface area (Å²) in [5, 5.41) is 18.8. The molecule has 6 atom stereocenters. The summed E-state index contributed by atoms with van der Waals surface area (Å²) in [5.41, 5.74) is 1.51. The molecule has 38 heavy (non-hydrogen) atoms. The van der Waals surface area contributed by atoms with Gasteiger partial charge in [0.1, 0.15) is 18.2 Å².